The second-order valence-electron chi connectivity index (χ2n) is 9.04. The second-order valence-corrected chi connectivity index (χ2v) is 11.2. The molecule has 36 heavy (non-hydrogen) atoms. The maximum atomic E-state index is 13.6. The van der Waals surface area contributed by atoms with Gasteiger partial charge in [-0.25, -0.2) is 5.01 Å². The van der Waals surface area contributed by atoms with Crippen LogP contribution in [0.25, 0.3) is 0 Å². The Morgan fingerprint density at radius 1 is 0.917 bits per heavy atom. The van der Waals surface area contributed by atoms with E-state index in [2.05, 4.69) is 31.9 Å². The van der Waals surface area contributed by atoms with Crippen molar-refractivity contribution in [3.63, 3.8) is 0 Å². The normalized spacial score (nSPS) is 28.3. The summed E-state index contributed by atoms with van der Waals surface area (Å²) < 4.78 is 0. The molecule has 2 saturated carbocycles. The van der Waals surface area contributed by atoms with Crippen molar-refractivity contribution in [2.24, 2.45) is 23.7 Å². The molecule has 13 heteroatoms. The number of carbonyl (C=O) groups is 3. The van der Waals surface area contributed by atoms with Gasteiger partial charge in [-0.05, 0) is 30.4 Å². The largest absolute Gasteiger partial charge is 0.274 e. The van der Waals surface area contributed by atoms with Gasteiger partial charge in [0, 0.05) is 33.4 Å². The molecule has 0 N–H and O–H groups in total. The Labute approximate surface area is 221 Å². The number of fused-ring (bicyclic) bond motifs is 5. The lowest BCUT2D eigenvalue weighted by Crippen LogP contribution is -2.50. The second kappa shape index (κ2) is 9.04. The molecule has 3 aliphatic rings. The van der Waals surface area contributed by atoms with Crippen molar-refractivity contribution in [2.75, 3.05) is 0 Å². The first-order chi connectivity index (χ1) is 17.1. The average molecular weight is 622 g/mol. The lowest BCUT2D eigenvalue weighted by molar-refractivity contribution is -0.385. The standard InChI is InChI=1S/C23H18Br2N4O7/c24-19-14-9-15(20(19)25)18-17(14)22(31)27(23(18)32)26(10-12-3-1-2-4-16(12)29(35)36)21(30)11-5-7-13(8-6-11)28(33)34/h1-8,14-15,17-20H,9-10H2/t14-,15-,17-,18+,19-,20+/m1/s1. The van der Waals surface area contributed by atoms with E-state index in [1.165, 1.54) is 30.3 Å². The molecule has 0 radical (unpaired) electrons. The zero-order chi connectivity index (χ0) is 25.9. The maximum Gasteiger partial charge on any atom is 0.274 e. The zero-order valence-electron chi connectivity index (χ0n) is 18.4. The van der Waals surface area contributed by atoms with Crippen LogP contribution in [0.3, 0.4) is 0 Å². The molecule has 3 fully saturated rings. The van der Waals surface area contributed by atoms with Gasteiger partial charge in [0.15, 0.2) is 0 Å². The molecule has 6 atom stereocenters. The first-order valence-electron chi connectivity index (χ1n) is 11.1. The van der Waals surface area contributed by atoms with Crippen LogP contribution in [0.1, 0.15) is 22.3 Å². The van der Waals surface area contributed by atoms with Crippen molar-refractivity contribution in [2.45, 2.75) is 22.6 Å². The minimum absolute atomic E-state index is 0.00319. The number of imide groups is 1. The van der Waals surface area contributed by atoms with E-state index >= 15 is 0 Å². The van der Waals surface area contributed by atoms with Crippen LogP contribution in [0, 0.1) is 43.9 Å². The lowest BCUT2D eigenvalue weighted by atomic mass is 9.81. The first kappa shape index (κ1) is 24.5. The van der Waals surface area contributed by atoms with Gasteiger partial charge >= 0.3 is 0 Å². The number of nitrogens with zero attached hydrogens (tertiary/aromatic N) is 4. The van der Waals surface area contributed by atoms with Crippen molar-refractivity contribution >= 4 is 61.0 Å². The number of carbonyl (C=O) groups excluding carboxylic acids is 3. The van der Waals surface area contributed by atoms with Gasteiger partial charge in [0.05, 0.1) is 33.8 Å². The highest BCUT2D eigenvalue weighted by atomic mass is 79.9. The Kier molecular flexibility index (Phi) is 6.15. The van der Waals surface area contributed by atoms with Gasteiger partial charge in [-0.3, -0.25) is 34.6 Å². The van der Waals surface area contributed by atoms with Crippen LogP contribution in [-0.2, 0) is 16.1 Å². The highest BCUT2D eigenvalue weighted by Crippen LogP contribution is 2.60. The van der Waals surface area contributed by atoms with Gasteiger partial charge in [0.25, 0.3) is 29.1 Å². The Hall–Kier alpha value is -3.19. The first-order valence-corrected chi connectivity index (χ1v) is 12.9. The van der Waals surface area contributed by atoms with Gasteiger partial charge < -0.3 is 0 Å². The Morgan fingerprint density at radius 3 is 2.00 bits per heavy atom. The molecule has 3 amide bonds. The number of non-ortho nitro benzene ring substituents is 1. The summed E-state index contributed by atoms with van der Waals surface area (Å²) in [6, 6.07) is 10.5. The van der Waals surface area contributed by atoms with E-state index in [1.807, 2.05) is 0 Å². The highest BCUT2D eigenvalue weighted by molar-refractivity contribution is 9.12. The van der Waals surface area contributed by atoms with Gasteiger partial charge in [0.1, 0.15) is 0 Å². The quantitative estimate of drug-likeness (QED) is 0.206. The summed E-state index contributed by atoms with van der Waals surface area (Å²) in [4.78, 5) is 62.3. The van der Waals surface area contributed by atoms with Crippen molar-refractivity contribution in [3.8, 4) is 0 Å². The summed E-state index contributed by atoms with van der Waals surface area (Å²) in [7, 11) is 0. The molecule has 186 valence electrons. The van der Waals surface area contributed by atoms with Gasteiger partial charge in [-0.2, -0.15) is 5.01 Å². The number of nitro groups is 2. The molecule has 2 aliphatic carbocycles. The summed E-state index contributed by atoms with van der Waals surface area (Å²) >= 11 is 7.25. The van der Waals surface area contributed by atoms with Crippen molar-refractivity contribution in [1.29, 1.82) is 0 Å². The fourth-order valence-electron chi connectivity index (χ4n) is 5.66. The molecule has 11 nitrogen and oxygen atoms in total. The maximum absolute atomic E-state index is 13.6. The third-order valence-corrected chi connectivity index (χ3v) is 10.5. The Bertz CT molecular complexity index is 1270. The summed E-state index contributed by atoms with van der Waals surface area (Å²) in [6.07, 6.45) is 0.701. The molecule has 1 aliphatic heterocycles. The molecule has 5 rings (SSSR count). The van der Waals surface area contributed by atoms with Crippen LogP contribution in [-0.4, -0.2) is 47.2 Å². The van der Waals surface area contributed by atoms with Crippen LogP contribution < -0.4 is 0 Å². The molecule has 2 aromatic carbocycles. The number of alkyl halides is 2. The molecule has 0 spiro atoms. The van der Waals surface area contributed by atoms with E-state index in [-0.39, 0.29) is 44.0 Å². The van der Waals surface area contributed by atoms with E-state index in [0.29, 0.717) is 6.42 Å². The van der Waals surface area contributed by atoms with E-state index in [9.17, 15) is 34.6 Å². The van der Waals surface area contributed by atoms with Crippen LogP contribution in [0.4, 0.5) is 11.4 Å². The third-order valence-electron chi connectivity index (χ3n) is 7.27. The van der Waals surface area contributed by atoms with Crippen molar-refractivity contribution < 1.29 is 24.2 Å². The predicted octanol–water partition coefficient (Wildman–Crippen LogP) is 3.84. The monoisotopic (exact) mass is 620 g/mol. The van der Waals surface area contributed by atoms with Crippen LogP contribution >= 0.6 is 31.9 Å². The number of amides is 3. The summed E-state index contributed by atoms with van der Waals surface area (Å²) in [5.74, 6) is -3.19. The summed E-state index contributed by atoms with van der Waals surface area (Å²) in [5, 5.41) is 24.4. The Balaban J connectivity index is 1.55. The van der Waals surface area contributed by atoms with Crippen LogP contribution in [0.2, 0.25) is 0 Å². The highest BCUT2D eigenvalue weighted by Gasteiger charge is 2.67. The van der Waals surface area contributed by atoms with Crippen LogP contribution in [0.5, 0.6) is 0 Å². The van der Waals surface area contributed by atoms with Crippen molar-refractivity contribution in [3.05, 3.63) is 79.9 Å². The number of benzene rings is 2. The number of nitro benzene ring substituents is 2. The minimum Gasteiger partial charge on any atom is -0.272 e. The number of hydrazine groups is 1. The number of hydrogen-bond donors (Lipinski definition) is 0. The lowest BCUT2D eigenvalue weighted by Gasteiger charge is -2.31. The SMILES string of the molecule is O=C(c1ccc([N+](=O)[O-])cc1)N(Cc1ccccc1[N+](=O)[O-])N1C(=O)[C@@H]2[C@H]3C[C@@H]([C@H](Br)[C@@H]3Br)[C@@H]2C1=O. The zero-order valence-corrected chi connectivity index (χ0v) is 21.6. The number of halogens is 2. The summed E-state index contributed by atoms with van der Waals surface area (Å²) in [5.41, 5.74) is -0.367. The smallest absolute Gasteiger partial charge is 0.272 e. The molecular formula is C23H18Br2N4O7. The van der Waals surface area contributed by atoms with Crippen molar-refractivity contribution in [1.82, 2.24) is 10.0 Å². The molecular weight excluding hydrogens is 604 g/mol. The molecule has 0 aromatic heterocycles. The number of hydrogen-bond acceptors (Lipinski definition) is 7. The van der Waals surface area contributed by atoms with E-state index in [4.69, 9.17) is 0 Å². The fourth-order valence-corrected chi connectivity index (χ4v) is 7.54. The molecule has 0 unspecified atom stereocenters. The van der Waals surface area contributed by atoms with E-state index in [0.717, 1.165) is 22.2 Å². The average Bonchev–Trinajstić information content (AvgIpc) is 3.47. The topological polar surface area (TPSA) is 144 Å². The fraction of sp³-hybridized carbons (Fsp3) is 0.348. The summed E-state index contributed by atoms with van der Waals surface area (Å²) in [6.45, 7) is -0.408. The van der Waals surface area contributed by atoms with E-state index in [1.54, 1.807) is 6.07 Å². The third kappa shape index (κ3) is 3.72. The predicted molar refractivity (Wildman–Crippen MR) is 132 cm³/mol. The van der Waals surface area contributed by atoms with Gasteiger partial charge in [-0.1, -0.05) is 50.1 Å². The van der Waals surface area contributed by atoms with Crippen LogP contribution in [0.15, 0.2) is 48.5 Å². The van der Waals surface area contributed by atoms with E-state index < -0.39 is 45.9 Å². The van der Waals surface area contributed by atoms with Gasteiger partial charge in [-0.15, -0.1) is 0 Å². The number of rotatable bonds is 6. The number of para-hydroxylation sites is 1. The molecule has 2 bridgehead atoms. The minimum atomic E-state index is -0.775. The molecule has 1 heterocycles. The molecule has 1 saturated heterocycles. The Morgan fingerprint density at radius 2 is 1.47 bits per heavy atom. The van der Waals surface area contributed by atoms with Gasteiger partial charge in [0.2, 0.25) is 0 Å². The molecule has 2 aromatic rings.